The van der Waals surface area contributed by atoms with Crippen molar-refractivity contribution in [1.29, 1.82) is 0 Å². The van der Waals surface area contributed by atoms with Gasteiger partial charge in [0.15, 0.2) is 0 Å². The molecule has 21 heavy (non-hydrogen) atoms. The van der Waals surface area contributed by atoms with Crippen LogP contribution in [0.4, 0.5) is 5.69 Å². The van der Waals surface area contributed by atoms with Gasteiger partial charge >= 0.3 is 0 Å². The van der Waals surface area contributed by atoms with Crippen LogP contribution in [0.5, 0.6) is 5.75 Å². The van der Waals surface area contributed by atoms with Gasteiger partial charge in [-0.2, -0.15) is 0 Å². The molecule has 0 spiro atoms. The third-order valence-corrected chi connectivity index (χ3v) is 4.32. The molecule has 2 rings (SSSR count). The van der Waals surface area contributed by atoms with Crippen molar-refractivity contribution in [1.82, 2.24) is 5.32 Å². The maximum absolute atomic E-state index is 12.1. The lowest BCUT2D eigenvalue weighted by Crippen LogP contribution is -2.37. The number of hydrogen-bond donors (Lipinski definition) is 2. The van der Waals surface area contributed by atoms with Crippen LogP contribution in [0.2, 0.25) is 5.02 Å². The van der Waals surface area contributed by atoms with Gasteiger partial charge in [-0.25, -0.2) is 0 Å². The van der Waals surface area contributed by atoms with Gasteiger partial charge < -0.3 is 15.4 Å². The van der Waals surface area contributed by atoms with Crippen molar-refractivity contribution in [3.8, 4) is 5.75 Å². The maximum Gasteiger partial charge on any atom is 0.238 e. The molecule has 0 aromatic heterocycles. The molecule has 1 amide bonds. The number of methoxy groups -OCH3 is 1. The number of anilines is 1. The molecule has 1 fully saturated rings. The van der Waals surface area contributed by atoms with Crippen LogP contribution in [0.25, 0.3) is 0 Å². The van der Waals surface area contributed by atoms with Crippen LogP contribution < -0.4 is 15.4 Å². The van der Waals surface area contributed by atoms with Crippen molar-refractivity contribution in [3.63, 3.8) is 0 Å². The van der Waals surface area contributed by atoms with E-state index in [9.17, 15) is 4.79 Å². The Morgan fingerprint density at radius 3 is 2.71 bits per heavy atom. The monoisotopic (exact) mass is 310 g/mol. The molecular formula is C16H23ClN2O2. The van der Waals surface area contributed by atoms with E-state index in [2.05, 4.69) is 10.6 Å². The van der Waals surface area contributed by atoms with Crippen LogP contribution in [0.3, 0.4) is 0 Å². The minimum absolute atomic E-state index is 0.0550. The molecule has 0 atom stereocenters. The van der Waals surface area contributed by atoms with Crippen LogP contribution >= 0.6 is 11.6 Å². The van der Waals surface area contributed by atoms with Crippen LogP contribution in [-0.4, -0.2) is 25.6 Å². The highest BCUT2D eigenvalue weighted by molar-refractivity contribution is 6.31. The van der Waals surface area contributed by atoms with Crippen LogP contribution in [-0.2, 0) is 4.79 Å². The Kier molecular flexibility index (Phi) is 5.88. The van der Waals surface area contributed by atoms with E-state index in [0.717, 1.165) is 18.4 Å². The number of carbonyl (C=O) groups excluding carboxylic acids is 1. The van der Waals surface area contributed by atoms with Crippen molar-refractivity contribution in [3.05, 3.63) is 22.7 Å². The minimum Gasteiger partial charge on any atom is -0.495 e. The Balaban J connectivity index is 1.91. The highest BCUT2D eigenvalue weighted by Crippen LogP contribution is 2.30. The lowest BCUT2D eigenvalue weighted by molar-refractivity contribution is -0.115. The number of benzene rings is 1. The van der Waals surface area contributed by atoms with Gasteiger partial charge in [-0.1, -0.05) is 30.9 Å². The third-order valence-electron chi connectivity index (χ3n) is 3.91. The molecule has 2 N–H and O–H groups in total. The van der Waals surface area contributed by atoms with Gasteiger partial charge in [-0.3, -0.25) is 4.79 Å². The zero-order chi connectivity index (χ0) is 15.2. The summed E-state index contributed by atoms with van der Waals surface area (Å²) in [4.78, 5) is 12.1. The van der Waals surface area contributed by atoms with Crippen LogP contribution in [0.15, 0.2) is 12.1 Å². The summed E-state index contributed by atoms with van der Waals surface area (Å²) in [5.74, 6) is 0.525. The van der Waals surface area contributed by atoms with Gasteiger partial charge in [-0.05, 0) is 31.4 Å². The van der Waals surface area contributed by atoms with Gasteiger partial charge in [0, 0.05) is 17.1 Å². The molecular weight excluding hydrogens is 288 g/mol. The third kappa shape index (κ3) is 4.61. The Bertz CT molecular complexity index is 499. The molecule has 116 valence electrons. The van der Waals surface area contributed by atoms with E-state index < -0.39 is 0 Å². The molecule has 0 bridgehead atoms. The average Bonchev–Trinajstić information content (AvgIpc) is 2.49. The fourth-order valence-corrected chi connectivity index (χ4v) is 2.82. The topological polar surface area (TPSA) is 50.4 Å². The van der Waals surface area contributed by atoms with Gasteiger partial charge in [0.25, 0.3) is 0 Å². The summed E-state index contributed by atoms with van der Waals surface area (Å²) in [5.41, 5.74) is 1.57. The van der Waals surface area contributed by atoms with E-state index in [4.69, 9.17) is 16.3 Å². The number of rotatable bonds is 5. The Morgan fingerprint density at radius 1 is 1.33 bits per heavy atom. The summed E-state index contributed by atoms with van der Waals surface area (Å²) in [5, 5.41) is 6.84. The number of aryl methyl sites for hydroxylation is 1. The number of halogens is 1. The van der Waals surface area contributed by atoms with E-state index in [1.54, 1.807) is 13.2 Å². The fraction of sp³-hybridized carbons (Fsp3) is 0.562. The minimum atomic E-state index is -0.0550. The number of hydrogen-bond acceptors (Lipinski definition) is 3. The number of carbonyl (C=O) groups is 1. The quantitative estimate of drug-likeness (QED) is 0.875. The predicted octanol–water partition coefficient (Wildman–Crippen LogP) is 3.52. The molecule has 0 heterocycles. The maximum atomic E-state index is 12.1. The molecule has 4 nitrogen and oxygen atoms in total. The molecule has 0 saturated heterocycles. The van der Waals surface area contributed by atoms with E-state index in [1.807, 2.05) is 13.0 Å². The Labute approximate surface area is 131 Å². The highest BCUT2D eigenvalue weighted by Gasteiger charge is 2.15. The largest absolute Gasteiger partial charge is 0.495 e. The highest BCUT2D eigenvalue weighted by atomic mass is 35.5. The van der Waals surface area contributed by atoms with Gasteiger partial charge in [0.05, 0.1) is 19.3 Å². The van der Waals surface area contributed by atoms with Crippen molar-refractivity contribution in [2.75, 3.05) is 19.0 Å². The zero-order valence-electron chi connectivity index (χ0n) is 12.7. The van der Waals surface area contributed by atoms with Crippen molar-refractivity contribution in [2.45, 2.75) is 45.1 Å². The Morgan fingerprint density at radius 2 is 2.05 bits per heavy atom. The molecule has 0 unspecified atom stereocenters. The fourth-order valence-electron chi connectivity index (χ4n) is 2.67. The average molecular weight is 311 g/mol. The molecule has 5 heteroatoms. The van der Waals surface area contributed by atoms with Gasteiger partial charge in [-0.15, -0.1) is 0 Å². The molecule has 1 aromatic carbocycles. The summed E-state index contributed by atoms with van der Waals surface area (Å²) in [6.45, 7) is 2.23. The molecule has 1 aromatic rings. The SMILES string of the molecule is COc1cc(Cl)c(C)cc1NC(=O)CNC1CCCCC1. The van der Waals surface area contributed by atoms with Crippen LogP contribution in [0.1, 0.15) is 37.7 Å². The van der Waals surface area contributed by atoms with E-state index >= 15 is 0 Å². The van der Waals surface area contributed by atoms with Crippen LogP contribution in [0, 0.1) is 6.92 Å². The van der Waals surface area contributed by atoms with Gasteiger partial charge in [0.2, 0.25) is 5.91 Å². The molecule has 1 aliphatic rings. The zero-order valence-corrected chi connectivity index (χ0v) is 13.4. The second-order valence-electron chi connectivity index (χ2n) is 5.57. The first-order chi connectivity index (χ1) is 10.1. The normalized spacial score (nSPS) is 15.8. The van der Waals surface area contributed by atoms with E-state index in [0.29, 0.717) is 29.0 Å². The molecule has 0 radical (unpaired) electrons. The number of nitrogens with one attached hydrogen (secondary N) is 2. The van der Waals surface area contributed by atoms with E-state index in [-0.39, 0.29) is 5.91 Å². The molecule has 0 aliphatic heterocycles. The second-order valence-corrected chi connectivity index (χ2v) is 5.97. The lowest BCUT2D eigenvalue weighted by Gasteiger charge is -2.22. The first-order valence-electron chi connectivity index (χ1n) is 7.47. The summed E-state index contributed by atoms with van der Waals surface area (Å²) in [7, 11) is 1.57. The molecule has 1 aliphatic carbocycles. The summed E-state index contributed by atoms with van der Waals surface area (Å²) >= 11 is 6.06. The number of amides is 1. The summed E-state index contributed by atoms with van der Waals surface area (Å²) in [6.07, 6.45) is 6.14. The summed E-state index contributed by atoms with van der Waals surface area (Å²) in [6, 6.07) is 4.03. The molecule has 1 saturated carbocycles. The van der Waals surface area contributed by atoms with E-state index in [1.165, 1.54) is 19.3 Å². The standard InChI is InChI=1S/C16H23ClN2O2/c1-11-8-14(15(21-2)9-13(11)17)19-16(20)10-18-12-6-4-3-5-7-12/h8-9,12,18H,3-7,10H2,1-2H3,(H,19,20). The van der Waals surface area contributed by atoms with Crippen molar-refractivity contribution < 1.29 is 9.53 Å². The van der Waals surface area contributed by atoms with Crippen molar-refractivity contribution >= 4 is 23.2 Å². The van der Waals surface area contributed by atoms with Crippen molar-refractivity contribution in [2.24, 2.45) is 0 Å². The lowest BCUT2D eigenvalue weighted by atomic mass is 9.95. The van der Waals surface area contributed by atoms with Gasteiger partial charge in [0.1, 0.15) is 5.75 Å². The predicted molar refractivity (Wildman–Crippen MR) is 86.2 cm³/mol. The second kappa shape index (κ2) is 7.66. The smallest absolute Gasteiger partial charge is 0.238 e. The first kappa shape index (κ1) is 16.1. The first-order valence-corrected chi connectivity index (χ1v) is 7.85. The summed E-state index contributed by atoms with van der Waals surface area (Å²) < 4.78 is 5.26. The number of ether oxygens (including phenoxy) is 1. The Hall–Kier alpha value is -1.26.